The van der Waals surface area contributed by atoms with Gasteiger partial charge in [-0.15, -0.1) is 11.3 Å². The van der Waals surface area contributed by atoms with Crippen molar-refractivity contribution in [2.45, 2.75) is 32.9 Å². The van der Waals surface area contributed by atoms with Crippen LogP contribution in [0.25, 0.3) is 0 Å². The first-order valence-electron chi connectivity index (χ1n) is 7.32. The van der Waals surface area contributed by atoms with Gasteiger partial charge in [0.1, 0.15) is 5.01 Å². The van der Waals surface area contributed by atoms with Crippen molar-refractivity contribution >= 4 is 34.8 Å². The van der Waals surface area contributed by atoms with Gasteiger partial charge in [0.25, 0.3) is 5.91 Å². The van der Waals surface area contributed by atoms with Gasteiger partial charge in [0, 0.05) is 21.5 Å². The number of hydrogen-bond acceptors (Lipinski definition) is 5. The fraction of sp³-hybridized carbons (Fsp3) is 0.353. The molecule has 24 heavy (non-hydrogen) atoms. The highest BCUT2D eigenvalue weighted by Gasteiger charge is 2.28. The number of halogens is 1. The summed E-state index contributed by atoms with van der Waals surface area (Å²) in [5.41, 5.74) is 0.347. The number of ether oxygens (including phenoxy) is 1. The Balaban J connectivity index is 2.28. The molecular formula is C17H19ClN2O3S. The first-order chi connectivity index (χ1) is 11.2. The normalized spacial score (nSPS) is 11.2. The Hall–Kier alpha value is -1.92. The summed E-state index contributed by atoms with van der Waals surface area (Å²) >= 11 is 7.31. The lowest BCUT2D eigenvalue weighted by Crippen LogP contribution is -2.45. The third-order valence-corrected chi connectivity index (χ3v) is 4.43. The predicted octanol–water partition coefficient (Wildman–Crippen LogP) is 4.02. The molecule has 2 rings (SSSR count). The van der Waals surface area contributed by atoms with E-state index < -0.39 is 11.5 Å². The molecule has 0 N–H and O–H groups in total. The van der Waals surface area contributed by atoms with Crippen LogP contribution in [-0.2, 0) is 11.3 Å². The molecule has 0 atom stereocenters. The Labute approximate surface area is 150 Å². The van der Waals surface area contributed by atoms with E-state index in [4.69, 9.17) is 11.6 Å². The number of carbonyl (C=O) groups excluding carboxylic acids is 2. The number of amides is 1. The largest absolute Gasteiger partial charge is 0.464 e. The summed E-state index contributed by atoms with van der Waals surface area (Å²) in [7, 11) is 1.31. The van der Waals surface area contributed by atoms with Gasteiger partial charge in [0.15, 0.2) is 5.69 Å². The van der Waals surface area contributed by atoms with E-state index in [9.17, 15) is 9.59 Å². The summed E-state index contributed by atoms with van der Waals surface area (Å²) in [6.07, 6.45) is 0. The van der Waals surface area contributed by atoms with E-state index in [1.54, 1.807) is 34.5 Å². The van der Waals surface area contributed by atoms with Crippen molar-refractivity contribution in [1.29, 1.82) is 0 Å². The molecule has 0 bridgehead atoms. The van der Waals surface area contributed by atoms with Crippen LogP contribution in [0.1, 0.15) is 46.6 Å². The zero-order chi connectivity index (χ0) is 17.9. The minimum Gasteiger partial charge on any atom is -0.464 e. The average Bonchev–Trinajstić information content (AvgIpc) is 2.99. The van der Waals surface area contributed by atoms with E-state index in [1.165, 1.54) is 18.4 Å². The van der Waals surface area contributed by atoms with E-state index >= 15 is 0 Å². The monoisotopic (exact) mass is 366 g/mol. The van der Waals surface area contributed by atoms with Crippen LogP contribution >= 0.6 is 22.9 Å². The molecule has 0 fully saturated rings. The van der Waals surface area contributed by atoms with E-state index in [-0.39, 0.29) is 11.6 Å². The number of methoxy groups -OCH3 is 1. The molecule has 2 aromatic rings. The molecule has 0 aliphatic rings. The summed E-state index contributed by atoms with van der Waals surface area (Å²) < 4.78 is 4.66. The highest BCUT2D eigenvalue weighted by Crippen LogP contribution is 2.23. The summed E-state index contributed by atoms with van der Waals surface area (Å²) in [6, 6.07) is 6.84. The molecule has 7 heteroatoms. The van der Waals surface area contributed by atoms with Crippen molar-refractivity contribution < 1.29 is 14.3 Å². The fourth-order valence-electron chi connectivity index (χ4n) is 2.11. The lowest BCUT2D eigenvalue weighted by atomic mass is 10.0. The van der Waals surface area contributed by atoms with Crippen molar-refractivity contribution in [3.8, 4) is 0 Å². The van der Waals surface area contributed by atoms with Gasteiger partial charge < -0.3 is 9.64 Å². The second kappa shape index (κ2) is 7.32. The van der Waals surface area contributed by atoms with Crippen LogP contribution in [0.3, 0.4) is 0 Å². The number of thiazole rings is 1. The molecule has 5 nitrogen and oxygen atoms in total. The number of rotatable bonds is 4. The van der Waals surface area contributed by atoms with Crippen LogP contribution in [0.2, 0.25) is 5.02 Å². The zero-order valence-corrected chi connectivity index (χ0v) is 15.6. The summed E-state index contributed by atoms with van der Waals surface area (Å²) in [5, 5.41) is 2.81. The second-order valence-corrected chi connectivity index (χ2v) is 7.57. The predicted molar refractivity (Wildman–Crippen MR) is 94.5 cm³/mol. The molecule has 1 heterocycles. The lowest BCUT2D eigenvalue weighted by Gasteiger charge is -2.35. The van der Waals surface area contributed by atoms with Crippen LogP contribution in [0, 0.1) is 0 Å². The maximum Gasteiger partial charge on any atom is 0.357 e. The van der Waals surface area contributed by atoms with Gasteiger partial charge in [-0.2, -0.15) is 0 Å². The van der Waals surface area contributed by atoms with Crippen molar-refractivity contribution in [3.05, 3.63) is 50.9 Å². The van der Waals surface area contributed by atoms with Crippen LogP contribution in [0.15, 0.2) is 29.6 Å². The summed E-state index contributed by atoms with van der Waals surface area (Å²) in [5.74, 6) is -0.624. The van der Waals surface area contributed by atoms with Gasteiger partial charge in [-0.05, 0) is 39.0 Å². The highest BCUT2D eigenvalue weighted by atomic mass is 35.5. The second-order valence-electron chi connectivity index (χ2n) is 6.19. The van der Waals surface area contributed by atoms with Crippen molar-refractivity contribution in [3.63, 3.8) is 0 Å². The number of esters is 1. The SMILES string of the molecule is COC(=O)c1csc(CN(C(=O)c2cccc(Cl)c2)C(C)(C)C)n1. The van der Waals surface area contributed by atoms with Crippen molar-refractivity contribution in [2.24, 2.45) is 0 Å². The molecule has 0 unspecified atom stereocenters. The van der Waals surface area contributed by atoms with Gasteiger partial charge in [-0.1, -0.05) is 17.7 Å². The van der Waals surface area contributed by atoms with E-state index in [0.29, 0.717) is 22.1 Å². The molecule has 1 aromatic carbocycles. The number of hydrogen-bond donors (Lipinski definition) is 0. The van der Waals surface area contributed by atoms with Gasteiger partial charge in [0.2, 0.25) is 0 Å². The van der Waals surface area contributed by atoms with E-state index in [1.807, 2.05) is 20.8 Å². The number of carbonyl (C=O) groups is 2. The number of aromatic nitrogens is 1. The Morgan fingerprint density at radius 3 is 2.62 bits per heavy atom. The van der Waals surface area contributed by atoms with Crippen LogP contribution in [0.4, 0.5) is 0 Å². The lowest BCUT2D eigenvalue weighted by molar-refractivity contribution is 0.0558. The zero-order valence-electron chi connectivity index (χ0n) is 14.0. The van der Waals surface area contributed by atoms with E-state index in [2.05, 4.69) is 9.72 Å². The molecule has 0 radical (unpaired) electrons. The quantitative estimate of drug-likeness (QED) is 0.766. The Kier molecular flexibility index (Phi) is 5.62. The number of nitrogens with zero attached hydrogens (tertiary/aromatic N) is 2. The maximum absolute atomic E-state index is 12.9. The highest BCUT2D eigenvalue weighted by molar-refractivity contribution is 7.09. The van der Waals surface area contributed by atoms with Crippen LogP contribution < -0.4 is 0 Å². The third-order valence-electron chi connectivity index (χ3n) is 3.37. The molecule has 0 saturated heterocycles. The standard InChI is InChI=1S/C17H19ClN2O3S/c1-17(2,3)20(15(21)11-6-5-7-12(18)8-11)9-14-19-13(10-24-14)16(22)23-4/h5-8,10H,9H2,1-4H3. The van der Waals surface area contributed by atoms with Crippen LogP contribution in [0.5, 0.6) is 0 Å². The first kappa shape index (κ1) is 18.4. The first-order valence-corrected chi connectivity index (χ1v) is 8.58. The maximum atomic E-state index is 12.9. The van der Waals surface area contributed by atoms with Gasteiger partial charge in [-0.25, -0.2) is 9.78 Å². The van der Waals surface area contributed by atoms with Gasteiger partial charge >= 0.3 is 5.97 Å². The molecular weight excluding hydrogens is 348 g/mol. The molecule has 0 saturated carbocycles. The summed E-state index contributed by atoms with van der Waals surface area (Å²) in [6.45, 7) is 6.15. The third kappa shape index (κ3) is 4.33. The number of benzene rings is 1. The molecule has 1 aromatic heterocycles. The van der Waals surface area contributed by atoms with Gasteiger partial charge in [-0.3, -0.25) is 4.79 Å². The summed E-state index contributed by atoms with van der Waals surface area (Å²) in [4.78, 5) is 30.4. The Morgan fingerprint density at radius 1 is 1.33 bits per heavy atom. The Morgan fingerprint density at radius 2 is 2.04 bits per heavy atom. The molecule has 0 aliphatic carbocycles. The van der Waals surface area contributed by atoms with E-state index in [0.717, 1.165) is 0 Å². The van der Waals surface area contributed by atoms with Crippen LogP contribution in [-0.4, -0.2) is 34.4 Å². The molecule has 1 amide bonds. The minimum atomic E-state index is -0.485. The smallest absolute Gasteiger partial charge is 0.357 e. The molecule has 0 spiro atoms. The Bertz CT molecular complexity index is 752. The van der Waals surface area contributed by atoms with Crippen molar-refractivity contribution in [2.75, 3.05) is 7.11 Å². The molecule has 0 aliphatic heterocycles. The average molecular weight is 367 g/mol. The topological polar surface area (TPSA) is 59.5 Å². The fourth-order valence-corrected chi connectivity index (χ4v) is 3.05. The van der Waals surface area contributed by atoms with Crippen molar-refractivity contribution in [1.82, 2.24) is 9.88 Å². The minimum absolute atomic E-state index is 0.139. The molecule has 128 valence electrons. The van der Waals surface area contributed by atoms with Gasteiger partial charge in [0.05, 0.1) is 13.7 Å².